The Kier molecular flexibility index (Phi) is 4.59. The molecule has 5 nitrogen and oxygen atoms in total. The van der Waals surface area contributed by atoms with Gasteiger partial charge in [0, 0.05) is 23.9 Å². The van der Waals surface area contributed by atoms with E-state index in [0.717, 1.165) is 0 Å². The lowest BCUT2D eigenvalue weighted by Crippen LogP contribution is -2.40. The summed E-state index contributed by atoms with van der Waals surface area (Å²) in [6.07, 6.45) is 2.93. The Morgan fingerprint density at radius 2 is 2.07 bits per heavy atom. The Bertz CT molecular complexity index is 897. The van der Waals surface area contributed by atoms with Crippen molar-refractivity contribution in [2.24, 2.45) is 10.8 Å². The molecule has 1 aromatic carbocycles. The van der Waals surface area contributed by atoms with Crippen LogP contribution in [0.1, 0.15) is 42.6 Å². The van der Waals surface area contributed by atoms with Gasteiger partial charge in [-0.1, -0.05) is 19.9 Å². The number of hydrogen-bond donors (Lipinski definition) is 0. The van der Waals surface area contributed by atoms with Gasteiger partial charge in [0.05, 0.1) is 18.2 Å². The van der Waals surface area contributed by atoms with Crippen molar-refractivity contribution in [3.8, 4) is 11.8 Å². The van der Waals surface area contributed by atoms with Gasteiger partial charge in [0.25, 0.3) is 5.91 Å². The van der Waals surface area contributed by atoms with Gasteiger partial charge in [0.2, 0.25) is 0 Å². The topological polar surface area (TPSA) is 70.4 Å². The number of carbonyl (C=O) groups is 2. The molecule has 1 aliphatic heterocycles. The summed E-state index contributed by atoms with van der Waals surface area (Å²) in [6, 6.07) is 4.73. The van der Waals surface area contributed by atoms with Crippen LogP contribution in [-0.2, 0) is 4.79 Å². The number of nitrogens with zero attached hydrogens (tertiary/aromatic N) is 2. The van der Waals surface area contributed by atoms with Gasteiger partial charge in [-0.3, -0.25) is 9.59 Å². The molecule has 1 unspecified atom stereocenters. The molecule has 0 aromatic heterocycles. The van der Waals surface area contributed by atoms with Gasteiger partial charge in [0.1, 0.15) is 17.6 Å². The SMILES string of the molecule is COc1cc(C(=O)N2CCC3(C=C(C#N)C(=O)C(C)(C)C3)C2)c(F)cc1C. The summed E-state index contributed by atoms with van der Waals surface area (Å²) in [5.74, 6) is -0.671. The van der Waals surface area contributed by atoms with Crippen LogP contribution in [0.3, 0.4) is 0 Å². The standard InChI is InChI=1S/C21H23FN2O3/c1-13-7-16(22)15(8-17(13)27-4)19(26)24-6-5-21(12-24)9-14(10-23)18(25)20(2,3)11-21/h7-9H,5-6,11-12H2,1-4H3. The number of Topliss-reactive ketones (excluding diaryl/α,β-unsaturated/α-hetero) is 1. The number of aryl methyl sites for hydroxylation is 1. The first-order valence-electron chi connectivity index (χ1n) is 8.94. The van der Waals surface area contributed by atoms with E-state index in [1.807, 2.05) is 19.9 Å². The minimum absolute atomic E-state index is 0.0230. The van der Waals surface area contributed by atoms with Crippen molar-refractivity contribution < 1.29 is 18.7 Å². The number of ketones is 1. The van der Waals surface area contributed by atoms with Crippen molar-refractivity contribution in [3.63, 3.8) is 0 Å². The zero-order valence-electron chi connectivity index (χ0n) is 16.1. The van der Waals surface area contributed by atoms with Crippen LogP contribution >= 0.6 is 0 Å². The van der Waals surface area contributed by atoms with Gasteiger partial charge in [-0.2, -0.15) is 5.26 Å². The maximum atomic E-state index is 14.4. The number of likely N-dealkylation sites (tertiary alicyclic amines) is 1. The van der Waals surface area contributed by atoms with Gasteiger partial charge in [-0.25, -0.2) is 4.39 Å². The Hall–Kier alpha value is -2.68. The summed E-state index contributed by atoms with van der Waals surface area (Å²) in [7, 11) is 1.48. The number of amides is 1. The third-order valence-electron chi connectivity index (χ3n) is 5.61. The predicted octanol–water partition coefficient (Wildman–Crippen LogP) is 3.42. The first-order valence-corrected chi connectivity index (χ1v) is 8.94. The summed E-state index contributed by atoms with van der Waals surface area (Å²) in [5, 5.41) is 9.33. The molecule has 1 atom stereocenters. The second-order valence-electron chi connectivity index (χ2n) is 8.20. The highest BCUT2D eigenvalue weighted by atomic mass is 19.1. The van der Waals surface area contributed by atoms with Gasteiger partial charge in [0.15, 0.2) is 5.78 Å². The van der Waals surface area contributed by atoms with Crippen LogP contribution < -0.4 is 4.74 Å². The lowest BCUT2D eigenvalue weighted by atomic mass is 9.64. The molecule has 0 bridgehead atoms. The van der Waals surface area contributed by atoms with Crippen LogP contribution in [0.4, 0.5) is 4.39 Å². The summed E-state index contributed by atoms with van der Waals surface area (Å²) >= 11 is 0. The Labute approximate surface area is 158 Å². The largest absolute Gasteiger partial charge is 0.496 e. The molecular weight excluding hydrogens is 347 g/mol. The van der Waals surface area contributed by atoms with E-state index in [9.17, 15) is 19.2 Å². The van der Waals surface area contributed by atoms with E-state index in [4.69, 9.17) is 4.74 Å². The molecule has 1 saturated heterocycles. The number of carbonyl (C=O) groups excluding carboxylic acids is 2. The van der Waals surface area contributed by atoms with Crippen molar-refractivity contribution in [2.45, 2.75) is 33.6 Å². The second-order valence-corrected chi connectivity index (χ2v) is 8.20. The average Bonchev–Trinajstić information content (AvgIpc) is 3.00. The molecule has 0 radical (unpaired) electrons. The molecule has 6 heteroatoms. The van der Waals surface area contributed by atoms with Crippen LogP contribution in [0.5, 0.6) is 5.75 Å². The Balaban J connectivity index is 1.91. The van der Waals surface area contributed by atoms with Gasteiger partial charge in [-0.05, 0) is 37.5 Å². The molecule has 1 aliphatic carbocycles. The Morgan fingerprint density at radius 3 is 2.70 bits per heavy atom. The predicted molar refractivity (Wildman–Crippen MR) is 97.7 cm³/mol. The zero-order valence-corrected chi connectivity index (χ0v) is 16.1. The van der Waals surface area contributed by atoms with Gasteiger partial charge in [-0.15, -0.1) is 0 Å². The molecule has 3 rings (SSSR count). The van der Waals surface area contributed by atoms with E-state index in [1.54, 1.807) is 17.9 Å². The van der Waals surface area contributed by atoms with Crippen molar-refractivity contribution >= 4 is 11.7 Å². The number of allylic oxidation sites excluding steroid dienone is 1. The smallest absolute Gasteiger partial charge is 0.256 e. The summed E-state index contributed by atoms with van der Waals surface area (Å²) in [6.45, 7) is 6.19. The molecule has 1 amide bonds. The Morgan fingerprint density at radius 1 is 1.37 bits per heavy atom. The molecule has 0 saturated carbocycles. The van der Waals surface area contributed by atoms with E-state index >= 15 is 0 Å². The van der Waals surface area contributed by atoms with Crippen LogP contribution in [-0.4, -0.2) is 36.8 Å². The van der Waals surface area contributed by atoms with Crippen LogP contribution in [0.25, 0.3) is 0 Å². The number of methoxy groups -OCH3 is 1. The quantitative estimate of drug-likeness (QED) is 0.800. The highest BCUT2D eigenvalue weighted by Gasteiger charge is 2.49. The van der Waals surface area contributed by atoms with Gasteiger partial charge >= 0.3 is 0 Å². The van der Waals surface area contributed by atoms with Crippen LogP contribution in [0.2, 0.25) is 0 Å². The fourth-order valence-corrected chi connectivity index (χ4v) is 4.37. The van der Waals surface area contributed by atoms with Crippen molar-refractivity contribution in [1.82, 2.24) is 4.90 Å². The first kappa shape index (κ1) is 19.1. The molecule has 1 spiro atoms. The molecule has 142 valence electrons. The number of nitriles is 1. The third kappa shape index (κ3) is 3.23. The molecule has 2 aliphatic rings. The molecule has 1 fully saturated rings. The lowest BCUT2D eigenvalue weighted by molar-refractivity contribution is -0.125. The number of benzene rings is 1. The summed E-state index contributed by atoms with van der Waals surface area (Å²) in [4.78, 5) is 26.9. The van der Waals surface area contributed by atoms with Crippen molar-refractivity contribution in [3.05, 3.63) is 40.7 Å². The summed E-state index contributed by atoms with van der Waals surface area (Å²) in [5.41, 5.74) is -0.326. The molecule has 1 aromatic rings. The molecule has 27 heavy (non-hydrogen) atoms. The zero-order chi connectivity index (χ0) is 20.0. The highest BCUT2D eigenvalue weighted by Crippen LogP contribution is 2.48. The monoisotopic (exact) mass is 370 g/mol. The van der Waals surface area contributed by atoms with Crippen molar-refractivity contribution in [1.29, 1.82) is 5.26 Å². The lowest BCUT2D eigenvalue weighted by Gasteiger charge is -2.38. The van der Waals surface area contributed by atoms with Crippen molar-refractivity contribution in [2.75, 3.05) is 20.2 Å². The third-order valence-corrected chi connectivity index (χ3v) is 5.61. The van der Waals surface area contributed by atoms with Gasteiger partial charge < -0.3 is 9.64 Å². The normalized spacial score (nSPS) is 23.9. The summed E-state index contributed by atoms with van der Waals surface area (Å²) < 4.78 is 19.6. The van der Waals surface area contributed by atoms with E-state index in [0.29, 0.717) is 37.2 Å². The molecule has 1 heterocycles. The number of halogens is 1. The first-order chi connectivity index (χ1) is 12.6. The number of ether oxygens (including phenoxy) is 1. The average molecular weight is 370 g/mol. The maximum Gasteiger partial charge on any atom is 0.256 e. The maximum absolute atomic E-state index is 14.4. The minimum atomic E-state index is -0.656. The molecule has 0 N–H and O–H groups in total. The van der Waals surface area contributed by atoms with E-state index in [1.165, 1.54) is 19.2 Å². The number of hydrogen-bond acceptors (Lipinski definition) is 4. The fourth-order valence-electron chi connectivity index (χ4n) is 4.37. The second kappa shape index (κ2) is 6.49. The van der Waals surface area contributed by atoms with Crippen LogP contribution in [0, 0.1) is 34.9 Å². The van der Waals surface area contributed by atoms with E-state index in [2.05, 4.69) is 0 Å². The minimum Gasteiger partial charge on any atom is -0.496 e. The van der Waals surface area contributed by atoms with Crippen LogP contribution in [0.15, 0.2) is 23.8 Å². The van der Waals surface area contributed by atoms with E-state index < -0.39 is 22.6 Å². The van der Waals surface area contributed by atoms with E-state index in [-0.39, 0.29) is 16.9 Å². The molecular formula is C21H23FN2O3. The highest BCUT2D eigenvalue weighted by molar-refractivity contribution is 6.04. The fraction of sp³-hybridized carbons (Fsp3) is 0.476. The number of rotatable bonds is 2.